The van der Waals surface area contributed by atoms with E-state index in [4.69, 9.17) is 26.8 Å². The lowest BCUT2D eigenvalue weighted by molar-refractivity contribution is 0.0899. The van der Waals surface area contributed by atoms with Gasteiger partial charge in [0.25, 0.3) is 11.8 Å². The van der Waals surface area contributed by atoms with Gasteiger partial charge in [0.1, 0.15) is 23.1 Å². The largest absolute Gasteiger partial charge is 0.496 e. The Bertz CT molecular complexity index is 1510. The van der Waals surface area contributed by atoms with Crippen LogP contribution in [0.15, 0.2) is 48.7 Å². The summed E-state index contributed by atoms with van der Waals surface area (Å²) in [7, 11) is 3.04. The summed E-state index contributed by atoms with van der Waals surface area (Å²) >= 11 is 6.51. The molecular formula is C27H28ClN5O4. The molecule has 192 valence electrons. The predicted molar refractivity (Wildman–Crippen MR) is 143 cm³/mol. The van der Waals surface area contributed by atoms with Gasteiger partial charge in [-0.2, -0.15) is 9.78 Å². The molecule has 10 heteroatoms. The number of nitrogens with one attached hydrogen (secondary N) is 1. The van der Waals surface area contributed by atoms with Crippen LogP contribution in [0.4, 0.5) is 5.82 Å². The van der Waals surface area contributed by atoms with Crippen LogP contribution in [0.5, 0.6) is 17.2 Å². The van der Waals surface area contributed by atoms with E-state index in [9.17, 15) is 9.59 Å². The zero-order chi connectivity index (χ0) is 26.9. The molecule has 0 bridgehead atoms. The number of methoxy groups -OCH3 is 1. The summed E-state index contributed by atoms with van der Waals surface area (Å²) < 4.78 is 12.7. The second-order valence-electron chi connectivity index (χ2n) is 9.50. The Labute approximate surface area is 219 Å². The number of ether oxygens (including phenoxy) is 2. The Balaban J connectivity index is 1.59. The van der Waals surface area contributed by atoms with Crippen molar-refractivity contribution in [3.63, 3.8) is 0 Å². The number of hydrogen-bond acceptors (Lipinski definition) is 7. The number of halogens is 1. The van der Waals surface area contributed by atoms with Gasteiger partial charge in [0, 0.05) is 41.2 Å². The molecule has 0 radical (unpaired) electrons. The molecule has 2 heterocycles. The summed E-state index contributed by atoms with van der Waals surface area (Å²) in [5, 5.41) is 7.97. The highest BCUT2D eigenvalue weighted by Gasteiger charge is 2.22. The van der Waals surface area contributed by atoms with Crippen LogP contribution in [0.2, 0.25) is 5.02 Å². The zero-order valence-electron chi connectivity index (χ0n) is 21.3. The van der Waals surface area contributed by atoms with E-state index in [1.807, 2.05) is 20.8 Å². The molecule has 37 heavy (non-hydrogen) atoms. The summed E-state index contributed by atoms with van der Waals surface area (Å²) in [6, 6.07) is 11.8. The first-order valence-corrected chi connectivity index (χ1v) is 11.9. The Morgan fingerprint density at radius 2 is 1.86 bits per heavy atom. The number of nitrogens with zero attached hydrogens (tertiary/aromatic N) is 3. The number of amides is 1. The van der Waals surface area contributed by atoms with Crippen LogP contribution in [0.3, 0.4) is 0 Å². The van der Waals surface area contributed by atoms with Crippen molar-refractivity contribution in [2.45, 2.75) is 32.6 Å². The molecule has 0 atom stereocenters. The Morgan fingerprint density at radius 1 is 1.11 bits per heavy atom. The molecule has 0 unspecified atom stereocenters. The molecule has 0 saturated carbocycles. The Kier molecular flexibility index (Phi) is 7.09. The smallest absolute Gasteiger partial charge is 0.254 e. The molecule has 1 amide bonds. The monoisotopic (exact) mass is 521 g/mol. The van der Waals surface area contributed by atoms with Gasteiger partial charge >= 0.3 is 0 Å². The number of nitrogen functional groups attached to an aromatic ring is 1. The third kappa shape index (κ3) is 5.36. The van der Waals surface area contributed by atoms with E-state index >= 15 is 0 Å². The maximum absolute atomic E-state index is 12.9. The van der Waals surface area contributed by atoms with Crippen molar-refractivity contribution < 1.29 is 19.1 Å². The Hall–Kier alpha value is -4.11. The molecule has 2 aromatic heterocycles. The second-order valence-corrected chi connectivity index (χ2v) is 9.91. The zero-order valence-corrected chi connectivity index (χ0v) is 22.0. The van der Waals surface area contributed by atoms with Gasteiger partial charge in [-0.05, 0) is 29.8 Å². The fourth-order valence-corrected chi connectivity index (χ4v) is 4.02. The summed E-state index contributed by atoms with van der Waals surface area (Å²) in [5.74, 6) is 1.04. The normalized spacial score (nSPS) is 11.4. The molecule has 4 rings (SSSR count). The van der Waals surface area contributed by atoms with Gasteiger partial charge in [0.05, 0.1) is 30.3 Å². The molecule has 0 saturated heterocycles. The molecule has 0 spiro atoms. The molecular weight excluding hydrogens is 494 g/mol. The number of fused-ring (bicyclic) bond motifs is 1. The number of rotatable bonds is 6. The van der Waals surface area contributed by atoms with E-state index in [1.165, 1.54) is 11.8 Å². The standard InChI is InChI=1S/C27H28ClN5O4/c1-27(2,3)23-14-24(29)33(32-23)25(34)10-15-6-7-16(11-19(15)28)37-21-8-9-31-20-13-22(36-5)18(12-17(20)21)26(35)30-4/h6-9,11-14H,10,29H2,1-5H3,(H,30,35). The van der Waals surface area contributed by atoms with Gasteiger partial charge < -0.3 is 20.5 Å². The van der Waals surface area contributed by atoms with E-state index in [0.717, 1.165) is 5.69 Å². The lowest BCUT2D eigenvalue weighted by Crippen LogP contribution is -2.19. The Morgan fingerprint density at radius 3 is 2.49 bits per heavy atom. The van der Waals surface area contributed by atoms with E-state index in [2.05, 4.69) is 15.4 Å². The van der Waals surface area contributed by atoms with Crippen LogP contribution in [0.1, 0.15) is 47.2 Å². The number of nitrogens with two attached hydrogens (primary N) is 1. The van der Waals surface area contributed by atoms with Crippen LogP contribution < -0.4 is 20.5 Å². The van der Waals surface area contributed by atoms with Gasteiger partial charge in [-0.15, -0.1) is 0 Å². The van der Waals surface area contributed by atoms with Crippen LogP contribution in [-0.4, -0.2) is 40.7 Å². The lowest BCUT2D eigenvalue weighted by atomic mass is 9.92. The van der Waals surface area contributed by atoms with Gasteiger partial charge in [-0.25, -0.2) is 0 Å². The minimum absolute atomic E-state index is 0.0159. The van der Waals surface area contributed by atoms with Gasteiger partial charge in [0.15, 0.2) is 0 Å². The van der Waals surface area contributed by atoms with Crippen LogP contribution in [0, 0.1) is 0 Å². The summed E-state index contributed by atoms with van der Waals surface area (Å²) in [6.45, 7) is 6.00. The first-order valence-electron chi connectivity index (χ1n) is 11.6. The van der Waals surface area contributed by atoms with Gasteiger partial charge in [-0.3, -0.25) is 14.6 Å². The fraction of sp³-hybridized carbons (Fsp3) is 0.259. The highest BCUT2D eigenvalue weighted by molar-refractivity contribution is 6.31. The predicted octanol–water partition coefficient (Wildman–Crippen LogP) is 5.01. The van der Waals surface area contributed by atoms with Crippen molar-refractivity contribution in [1.82, 2.24) is 20.1 Å². The maximum Gasteiger partial charge on any atom is 0.254 e. The van der Waals surface area contributed by atoms with E-state index in [1.54, 1.807) is 55.7 Å². The van der Waals surface area contributed by atoms with Crippen LogP contribution >= 0.6 is 11.6 Å². The third-order valence-electron chi connectivity index (χ3n) is 5.83. The van der Waals surface area contributed by atoms with Crippen molar-refractivity contribution in [2.24, 2.45) is 0 Å². The number of carbonyl (C=O) groups is 2. The highest BCUT2D eigenvalue weighted by atomic mass is 35.5. The fourth-order valence-electron chi connectivity index (χ4n) is 3.78. The van der Waals surface area contributed by atoms with Crippen LogP contribution in [0.25, 0.3) is 10.9 Å². The molecule has 0 fully saturated rings. The number of aromatic nitrogens is 3. The van der Waals surface area contributed by atoms with Crippen molar-refractivity contribution in [2.75, 3.05) is 19.9 Å². The summed E-state index contributed by atoms with van der Waals surface area (Å²) in [6.07, 6.45) is 1.62. The molecule has 9 nitrogen and oxygen atoms in total. The highest BCUT2D eigenvalue weighted by Crippen LogP contribution is 2.34. The van der Waals surface area contributed by atoms with Gasteiger partial charge in [0.2, 0.25) is 0 Å². The quantitative estimate of drug-likeness (QED) is 0.366. The van der Waals surface area contributed by atoms with Crippen LogP contribution in [-0.2, 0) is 11.8 Å². The van der Waals surface area contributed by atoms with Crippen molar-refractivity contribution >= 4 is 40.1 Å². The molecule has 0 aliphatic heterocycles. The molecule has 3 N–H and O–H groups in total. The number of pyridine rings is 1. The lowest BCUT2D eigenvalue weighted by Gasteiger charge is -2.14. The van der Waals surface area contributed by atoms with E-state index in [-0.39, 0.29) is 29.5 Å². The van der Waals surface area contributed by atoms with Crippen molar-refractivity contribution in [3.05, 3.63) is 70.5 Å². The van der Waals surface area contributed by atoms with Crippen molar-refractivity contribution in [3.8, 4) is 17.2 Å². The molecule has 0 aliphatic rings. The minimum Gasteiger partial charge on any atom is -0.496 e. The number of benzene rings is 2. The summed E-state index contributed by atoms with van der Waals surface area (Å²) in [4.78, 5) is 29.6. The molecule has 4 aromatic rings. The maximum atomic E-state index is 12.9. The topological polar surface area (TPSA) is 121 Å². The SMILES string of the molecule is CNC(=O)c1cc2c(Oc3ccc(CC(=O)n4nc(C(C)(C)C)cc4N)c(Cl)c3)ccnc2cc1OC. The van der Waals surface area contributed by atoms with Gasteiger partial charge in [-0.1, -0.05) is 38.4 Å². The first-order chi connectivity index (χ1) is 17.5. The average molecular weight is 522 g/mol. The summed E-state index contributed by atoms with van der Waals surface area (Å²) in [5.41, 5.74) is 8.09. The second kappa shape index (κ2) is 10.1. The number of hydrogen-bond donors (Lipinski definition) is 2. The number of carbonyl (C=O) groups excluding carboxylic acids is 2. The molecule has 2 aromatic carbocycles. The third-order valence-corrected chi connectivity index (χ3v) is 6.18. The average Bonchev–Trinajstić information content (AvgIpc) is 3.27. The number of anilines is 1. The minimum atomic E-state index is -0.293. The van der Waals surface area contributed by atoms with Crippen molar-refractivity contribution in [1.29, 1.82) is 0 Å². The van der Waals surface area contributed by atoms with E-state index in [0.29, 0.717) is 44.3 Å². The molecule has 0 aliphatic carbocycles. The first kappa shape index (κ1) is 26.0. The van der Waals surface area contributed by atoms with E-state index < -0.39 is 0 Å².